The molecule has 3 N–H and O–H groups in total. The summed E-state index contributed by atoms with van der Waals surface area (Å²) in [7, 11) is 0. The Hall–Kier alpha value is -3.92. The van der Waals surface area contributed by atoms with Crippen molar-refractivity contribution in [1.29, 1.82) is 0 Å². The van der Waals surface area contributed by atoms with E-state index in [9.17, 15) is 13.6 Å². The topological polar surface area (TPSA) is 107 Å². The molecule has 30 heavy (non-hydrogen) atoms. The molecule has 0 aliphatic carbocycles. The fraction of sp³-hybridized carbons (Fsp3) is 0.100. The zero-order valence-corrected chi connectivity index (χ0v) is 15.7. The maximum Gasteiger partial charge on any atom is 0.350 e. The minimum Gasteiger partial charge on any atom is -0.327 e. The van der Waals surface area contributed by atoms with Gasteiger partial charge in [-0.1, -0.05) is 24.3 Å². The molecule has 0 radical (unpaired) electrons. The molecule has 2 aromatic carbocycles. The molecule has 0 saturated heterocycles. The molecule has 8 nitrogen and oxygen atoms in total. The maximum absolute atomic E-state index is 14.9. The lowest BCUT2D eigenvalue weighted by molar-refractivity contribution is 0.602. The average molecular weight is 409 g/mol. The highest BCUT2D eigenvalue weighted by Gasteiger charge is 2.13. The molecule has 0 amide bonds. The van der Waals surface area contributed by atoms with Crippen LogP contribution in [0.2, 0.25) is 0 Å². The van der Waals surface area contributed by atoms with Crippen LogP contribution in [0.15, 0.2) is 71.8 Å². The summed E-state index contributed by atoms with van der Waals surface area (Å²) in [4.78, 5) is 16.6. The lowest BCUT2D eigenvalue weighted by Crippen LogP contribution is -2.26. The van der Waals surface area contributed by atoms with Crippen LogP contribution in [0.3, 0.4) is 0 Å². The third-order valence-corrected chi connectivity index (χ3v) is 4.59. The second-order valence-corrected chi connectivity index (χ2v) is 6.49. The first-order valence-electron chi connectivity index (χ1n) is 8.99. The molecule has 0 aliphatic rings. The van der Waals surface area contributed by atoms with E-state index in [2.05, 4.69) is 20.3 Å². The first-order chi connectivity index (χ1) is 14.6. The Morgan fingerprint density at radius 1 is 1.17 bits per heavy atom. The molecule has 2 heterocycles. The number of halogens is 2. The van der Waals surface area contributed by atoms with Gasteiger partial charge in [-0.25, -0.2) is 27.8 Å². The van der Waals surface area contributed by atoms with Crippen molar-refractivity contribution >= 4 is 0 Å². The van der Waals surface area contributed by atoms with Gasteiger partial charge < -0.3 is 5.73 Å². The predicted molar refractivity (Wildman–Crippen MR) is 107 cm³/mol. The first-order valence-corrected chi connectivity index (χ1v) is 8.99. The smallest absolute Gasteiger partial charge is 0.327 e. The van der Waals surface area contributed by atoms with Crippen molar-refractivity contribution in [3.8, 4) is 28.2 Å². The Labute approximate surface area is 169 Å². The van der Waals surface area contributed by atoms with Crippen molar-refractivity contribution < 1.29 is 8.78 Å². The molecule has 0 aliphatic heterocycles. The van der Waals surface area contributed by atoms with Crippen LogP contribution in [-0.4, -0.2) is 36.1 Å². The molecule has 0 atom stereocenters. The second kappa shape index (κ2) is 8.21. The number of aromatic amines is 1. The van der Waals surface area contributed by atoms with Crippen molar-refractivity contribution in [2.45, 2.75) is 6.54 Å². The lowest BCUT2D eigenvalue weighted by Gasteiger charge is -2.08. The minimum absolute atomic E-state index is 0.0416. The Morgan fingerprint density at radius 2 is 1.97 bits per heavy atom. The Morgan fingerprint density at radius 3 is 2.67 bits per heavy atom. The van der Waals surface area contributed by atoms with Crippen LogP contribution in [-0.2, 0) is 6.54 Å². The van der Waals surface area contributed by atoms with Gasteiger partial charge >= 0.3 is 5.69 Å². The van der Waals surface area contributed by atoms with Crippen molar-refractivity contribution in [1.82, 2.24) is 29.5 Å². The summed E-state index contributed by atoms with van der Waals surface area (Å²) in [5, 5.41) is 10.5. The highest BCUT2D eigenvalue weighted by Crippen LogP contribution is 2.26. The van der Waals surface area contributed by atoms with Crippen LogP contribution in [0.5, 0.6) is 0 Å². The van der Waals surface area contributed by atoms with Crippen molar-refractivity contribution in [3.63, 3.8) is 0 Å². The number of hydrogen-bond acceptors (Lipinski definition) is 5. The number of nitrogens with two attached hydrogens (primary N) is 1. The number of hydrogen-bond donors (Lipinski definition) is 2. The number of aromatic nitrogens is 6. The molecule has 0 unspecified atom stereocenters. The molecular weight excluding hydrogens is 392 g/mol. The minimum atomic E-state index is -0.598. The van der Waals surface area contributed by atoms with Gasteiger partial charge in [-0.3, -0.25) is 5.10 Å². The third kappa shape index (κ3) is 3.67. The quantitative estimate of drug-likeness (QED) is 0.509. The fourth-order valence-corrected chi connectivity index (χ4v) is 3.02. The molecule has 10 heteroatoms. The van der Waals surface area contributed by atoms with Crippen LogP contribution < -0.4 is 11.4 Å². The SMILES string of the molecule is NC/C(=C\F)Cn1ncn(-c2ccc(-c3cccc(-c4ncn[nH]4)c3)cc2F)c1=O. The van der Waals surface area contributed by atoms with Crippen LogP contribution in [0.4, 0.5) is 8.78 Å². The van der Waals surface area contributed by atoms with Gasteiger partial charge in [0.1, 0.15) is 18.5 Å². The third-order valence-electron chi connectivity index (χ3n) is 4.59. The second-order valence-electron chi connectivity index (χ2n) is 6.49. The highest BCUT2D eigenvalue weighted by atomic mass is 19.1. The molecule has 0 fully saturated rings. The zero-order chi connectivity index (χ0) is 21.1. The summed E-state index contributed by atoms with van der Waals surface area (Å²) in [6.45, 7) is -0.154. The van der Waals surface area contributed by atoms with Gasteiger partial charge in [0.05, 0.1) is 18.6 Å². The van der Waals surface area contributed by atoms with E-state index >= 15 is 0 Å². The molecule has 2 aromatic heterocycles. The van der Waals surface area contributed by atoms with Gasteiger partial charge in [0.15, 0.2) is 5.82 Å². The van der Waals surface area contributed by atoms with E-state index in [1.165, 1.54) is 24.8 Å². The number of benzene rings is 2. The van der Waals surface area contributed by atoms with Crippen LogP contribution in [0.1, 0.15) is 0 Å². The standard InChI is InChI=1S/C20H17F2N7O/c21-8-13(9-23)10-29-20(30)28(12-26-29)18-5-4-15(7-17(18)22)14-2-1-3-16(6-14)19-24-11-25-27-19/h1-8,11-12H,9-10,23H2,(H,24,25,27)/b13-8+. The van der Waals surface area contributed by atoms with Crippen LogP contribution >= 0.6 is 0 Å². The van der Waals surface area contributed by atoms with E-state index in [1.807, 2.05) is 24.3 Å². The Kier molecular flexibility index (Phi) is 5.31. The summed E-state index contributed by atoms with van der Waals surface area (Å²) in [6.07, 6.45) is 2.94. The first kappa shape index (κ1) is 19.4. The Balaban J connectivity index is 1.66. The van der Waals surface area contributed by atoms with Gasteiger partial charge in [0.2, 0.25) is 0 Å². The Bertz CT molecular complexity index is 1260. The largest absolute Gasteiger partial charge is 0.350 e. The molecule has 4 aromatic rings. The van der Waals surface area contributed by atoms with Crippen molar-refractivity contribution in [2.75, 3.05) is 6.54 Å². The number of nitrogens with one attached hydrogen (secondary N) is 1. The lowest BCUT2D eigenvalue weighted by atomic mass is 10.0. The number of H-pyrrole nitrogens is 1. The van der Waals surface area contributed by atoms with Gasteiger partial charge in [-0.2, -0.15) is 10.2 Å². The average Bonchev–Trinajstić information content (AvgIpc) is 3.43. The molecule has 152 valence electrons. The number of nitrogens with zero attached hydrogens (tertiary/aromatic N) is 5. The van der Waals surface area contributed by atoms with E-state index in [4.69, 9.17) is 5.73 Å². The number of rotatable bonds is 6. The van der Waals surface area contributed by atoms with Crippen LogP contribution in [0.25, 0.3) is 28.2 Å². The summed E-state index contributed by atoms with van der Waals surface area (Å²) < 4.78 is 29.7. The summed E-state index contributed by atoms with van der Waals surface area (Å²) in [5.74, 6) is 0.00591. The van der Waals surface area contributed by atoms with Gasteiger partial charge in [-0.15, -0.1) is 0 Å². The van der Waals surface area contributed by atoms with Gasteiger partial charge in [0, 0.05) is 12.1 Å². The van der Waals surface area contributed by atoms with Crippen molar-refractivity contribution in [3.05, 3.63) is 83.3 Å². The van der Waals surface area contributed by atoms with Gasteiger partial charge in [-0.05, 0) is 34.9 Å². The predicted octanol–water partition coefficient (Wildman–Crippen LogP) is 2.44. The van der Waals surface area contributed by atoms with Crippen LogP contribution in [0, 0.1) is 5.82 Å². The molecular formula is C20H17F2N7O. The van der Waals surface area contributed by atoms with E-state index in [-0.39, 0.29) is 24.4 Å². The maximum atomic E-state index is 14.9. The van der Waals surface area contributed by atoms with E-state index in [0.29, 0.717) is 17.7 Å². The molecule has 0 saturated carbocycles. The van der Waals surface area contributed by atoms with Crippen molar-refractivity contribution in [2.24, 2.45) is 5.73 Å². The highest BCUT2D eigenvalue weighted by molar-refractivity contribution is 5.70. The summed E-state index contributed by atoms with van der Waals surface area (Å²) >= 11 is 0. The monoisotopic (exact) mass is 409 g/mol. The van der Waals surface area contributed by atoms with E-state index in [1.54, 1.807) is 6.07 Å². The van der Waals surface area contributed by atoms with E-state index < -0.39 is 11.5 Å². The summed E-state index contributed by atoms with van der Waals surface area (Å²) in [5.41, 5.74) is 7.27. The molecule has 0 spiro atoms. The summed E-state index contributed by atoms with van der Waals surface area (Å²) in [6, 6.07) is 11.9. The molecule has 0 bridgehead atoms. The van der Waals surface area contributed by atoms with Gasteiger partial charge in [0.25, 0.3) is 0 Å². The normalized spacial score (nSPS) is 11.8. The van der Waals surface area contributed by atoms with E-state index in [0.717, 1.165) is 20.4 Å². The molecule has 4 rings (SSSR count). The fourth-order valence-electron chi connectivity index (χ4n) is 3.02. The zero-order valence-electron chi connectivity index (χ0n) is 15.7.